The van der Waals surface area contributed by atoms with Crippen LogP contribution in [0.25, 0.3) is 0 Å². The van der Waals surface area contributed by atoms with Crippen LogP contribution in [0.2, 0.25) is 0 Å². The number of carbonyl (C=O) groups is 2. The van der Waals surface area contributed by atoms with Crippen molar-refractivity contribution in [3.8, 4) is 0 Å². The molecule has 2 amide bonds. The van der Waals surface area contributed by atoms with Gasteiger partial charge in [0.25, 0.3) is 21.8 Å². The van der Waals surface area contributed by atoms with Crippen molar-refractivity contribution in [3.05, 3.63) is 89.7 Å². The summed E-state index contributed by atoms with van der Waals surface area (Å²) in [7, 11) is -3.91. The number of anilines is 2. The van der Waals surface area contributed by atoms with E-state index >= 15 is 0 Å². The molecule has 3 aromatic carbocycles. The van der Waals surface area contributed by atoms with Crippen LogP contribution in [0.4, 0.5) is 15.8 Å². The molecule has 0 fully saturated rings. The molecule has 6 nitrogen and oxygen atoms in total. The summed E-state index contributed by atoms with van der Waals surface area (Å²) in [4.78, 5) is 26.0. The van der Waals surface area contributed by atoms with E-state index in [-0.39, 0.29) is 16.3 Å². The van der Waals surface area contributed by atoms with Crippen molar-refractivity contribution in [3.63, 3.8) is 0 Å². The molecule has 8 heteroatoms. The van der Waals surface area contributed by atoms with Crippen LogP contribution >= 0.6 is 0 Å². The Morgan fingerprint density at radius 1 is 0.750 bits per heavy atom. The zero-order valence-electron chi connectivity index (χ0n) is 14.3. The molecular formula is C20H13FN2O4S. The van der Waals surface area contributed by atoms with Gasteiger partial charge in [0.15, 0.2) is 0 Å². The SMILES string of the molecule is O=C1c2ccccc2C(=O)N1c1ccc(S(=O)(=O)Nc2ccc(F)cc2)cc1. The van der Waals surface area contributed by atoms with E-state index in [2.05, 4.69) is 4.72 Å². The van der Waals surface area contributed by atoms with Crippen LogP contribution in [0.15, 0.2) is 77.7 Å². The average Bonchev–Trinajstić information content (AvgIpc) is 2.95. The van der Waals surface area contributed by atoms with Crippen molar-refractivity contribution in [1.29, 1.82) is 0 Å². The lowest BCUT2D eigenvalue weighted by Crippen LogP contribution is -2.29. The number of fused-ring (bicyclic) bond motifs is 1. The van der Waals surface area contributed by atoms with Gasteiger partial charge in [0, 0.05) is 5.69 Å². The minimum absolute atomic E-state index is 0.0582. The minimum Gasteiger partial charge on any atom is -0.280 e. The molecule has 3 aromatic rings. The lowest BCUT2D eigenvalue weighted by molar-refractivity contribution is 0.0926. The highest BCUT2D eigenvalue weighted by Gasteiger charge is 2.36. The fraction of sp³-hybridized carbons (Fsp3) is 0. The molecule has 1 heterocycles. The third kappa shape index (κ3) is 3.03. The predicted octanol–water partition coefficient (Wildman–Crippen LogP) is 3.43. The van der Waals surface area contributed by atoms with E-state index in [1.165, 1.54) is 36.4 Å². The Morgan fingerprint density at radius 3 is 1.82 bits per heavy atom. The Bertz CT molecular complexity index is 1150. The predicted molar refractivity (Wildman–Crippen MR) is 101 cm³/mol. The largest absolute Gasteiger partial charge is 0.280 e. The molecule has 0 saturated heterocycles. The Balaban J connectivity index is 1.60. The molecule has 0 spiro atoms. The third-order valence-corrected chi connectivity index (χ3v) is 5.69. The van der Waals surface area contributed by atoms with Crippen LogP contribution in [0, 0.1) is 5.82 Å². The smallest absolute Gasteiger partial charge is 0.266 e. The van der Waals surface area contributed by atoms with Gasteiger partial charge in [0.2, 0.25) is 0 Å². The molecule has 1 aliphatic rings. The second kappa shape index (κ2) is 6.58. The van der Waals surface area contributed by atoms with Crippen molar-refractivity contribution in [2.24, 2.45) is 0 Å². The second-order valence-corrected chi connectivity index (χ2v) is 7.78. The zero-order valence-corrected chi connectivity index (χ0v) is 15.1. The first-order valence-electron chi connectivity index (χ1n) is 8.23. The van der Waals surface area contributed by atoms with Crippen LogP contribution in [0.1, 0.15) is 20.7 Å². The van der Waals surface area contributed by atoms with Gasteiger partial charge in [0.1, 0.15) is 5.82 Å². The van der Waals surface area contributed by atoms with E-state index in [0.717, 1.165) is 17.0 Å². The number of sulfonamides is 1. The molecule has 0 bridgehead atoms. The number of hydrogen-bond donors (Lipinski definition) is 1. The molecule has 0 aromatic heterocycles. The van der Waals surface area contributed by atoms with Crippen molar-refractivity contribution in [2.45, 2.75) is 4.90 Å². The summed E-state index contributed by atoms with van der Waals surface area (Å²) in [5.41, 5.74) is 1.10. The fourth-order valence-electron chi connectivity index (χ4n) is 2.93. The Labute approximate surface area is 160 Å². The standard InChI is InChI=1S/C20H13FN2O4S/c21-13-5-7-14(8-6-13)22-28(26,27)16-11-9-15(10-12-16)23-19(24)17-3-1-2-4-18(17)20(23)25/h1-12,22H. The summed E-state index contributed by atoms with van der Waals surface area (Å²) >= 11 is 0. The summed E-state index contributed by atoms with van der Waals surface area (Å²) in [6, 6.07) is 16.8. The monoisotopic (exact) mass is 396 g/mol. The lowest BCUT2D eigenvalue weighted by Gasteiger charge is -2.15. The molecular weight excluding hydrogens is 383 g/mol. The summed E-state index contributed by atoms with van der Waals surface area (Å²) in [5.74, 6) is -1.39. The van der Waals surface area contributed by atoms with Crippen molar-refractivity contribution >= 4 is 33.2 Å². The first-order chi connectivity index (χ1) is 13.4. The van der Waals surface area contributed by atoms with Gasteiger partial charge in [-0.25, -0.2) is 17.7 Å². The molecule has 0 unspecified atom stereocenters. The highest BCUT2D eigenvalue weighted by Crippen LogP contribution is 2.29. The van der Waals surface area contributed by atoms with Crippen LogP contribution < -0.4 is 9.62 Å². The zero-order chi connectivity index (χ0) is 19.9. The molecule has 0 atom stereocenters. The van der Waals surface area contributed by atoms with E-state index in [1.807, 2.05) is 0 Å². The topological polar surface area (TPSA) is 83.6 Å². The number of rotatable bonds is 4. The normalized spacial score (nSPS) is 13.5. The number of imide groups is 1. The summed E-state index contributed by atoms with van der Waals surface area (Å²) in [6.07, 6.45) is 0. The minimum atomic E-state index is -3.91. The number of benzene rings is 3. The van der Waals surface area contributed by atoms with Crippen molar-refractivity contribution in [2.75, 3.05) is 9.62 Å². The van der Waals surface area contributed by atoms with E-state index in [9.17, 15) is 22.4 Å². The quantitative estimate of drug-likeness (QED) is 0.685. The van der Waals surface area contributed by atoms with Crippen LogP contribution in [-0.2, 0) is 10.0 Å². The number of nitrogens with one attached hydrogen (secondary N) is 1. The van der Waals surface area contributed by atoms with Gasteiger partial charge in [-0.1, -0.05) is 12.1 Å². The molecule has 1 N–H and O–H groups in total. The third-order valence-electron chi connectivity index (χ3n) is 4.30. The summed E-state index contributed by atoms with van der Waals surface area (Å²) in [5, 5.41) is 0. The fourth-order valence-corrected chi connectivity index (χ4v) is 3.99. The molecule has 0 saturated carbocycles. The summed E-state index contributed by atoms with van der Waals surface area (Å²) in [6.45, 7) is 0. The molecule has 0 aliphatic carbocycles. The highest BCUT2D eigenvalue weighted by atomic mass is 32.2. The van der Waals surface area contributed by atoms with E-state index < -0.39 is 27.7 Å². The molecule has 0 radical (unpaired) electrons. The maximum Gasteiger partial charge on any atom is 0.266 e. The highest BCUT2D eigenvalue weighted by molar-refractivity contribution is 7.92. The maximum absolute atomic E-state index is 13.0. The molecule has 28 heavy (non-hydrogen) atoms. The number of nitrogens with zero attached hydrogens (tertiary/aromatic N) is 1. The average molecular weight is 396 g/mol. The molecule has 1 aliphatic heterocycles. The lowest BCUT2D eigenvalue weighted by atomic mass is 10.1. The van der Waals surface area contributed by atoms with Gasteiger partial charge < -0.3 is 0 Å². The van der Waals surface area contributed by atoms with Crippen LogP contribution in [-0.4, -0.2) is 20.2 Å². The van der Waals surface area contributed by atoms with Gasteiger partial charge >= 0.3 is 0 Å². The van der Waals surface area contributed by atoms with Crippen molar-refractivity contribution < 1.29 is 22.4 Å². The Hall–Kier alpha value is -3.52. The number of carbonyl (C=O) groups excluding carboxylic acids is 2. The Kier molecular flexibility index (Phi) is 4.20. The first-order valence-corrected chi connectivity index (χ1v) is 9.71. The van der Waals surface area contributed by atoms with Crippen LogP contribution in [0.3, 0.4) is 0 Å². The Morgan fingerprint density at radius 2 is 1.29 bits per heavy atom. The van der Waals surface area contributed by atoms with Gasteiger partial charge in [-0.15, -0.1) is 0 Å². The first kappa shape index (κ1) is 17.9. The van der Waals surface area contributed by atoms with Gasteiger partial charge in [0.05, 0.1) is 21.7 Å². The van der Waals surface area contributed by atoms with Crippen LogP contribution in [0.5, 0.6) is 0 Å². The van der Waals surface area contributed by atoms with Gasteiger partial charge in [-0.3, -0.25) is 14.3 Å². The second-order valence-electron chi connectivity index (χ2n) is 6.10. The van der Waals surface area contributed by atoms with E-state index in [1.54, 1.807) is 24.3 Å². The van der Waals surface area contributed by atoms with E-state index in [4.69, 9.17) is 0 Å². The number of halogens is 1. The van der Waals surface area contributed by atoms with Gasteiger partial charge in [-0.05, 0) is 60.7 Å². The molecule has 4 rings (SSSR count). The number of hydrogen-bond acceptors (Lipinski definition) is 4. The molecule has 140 valence electrons. The van der Waals surface area contributed by atoms with Gasteiger partial charge in [-0.2, -0.15) is 0 Å². The maximum atomic E-state index is 13.0. The summed E-state index contributed by atoms with van der Waals surface area (Å²) < 4.78 is 40.2. The van der Waals surface area contributed by atoms with Crippen molar-refractivity contribution in [1.82, 2.24) is 0 Å². The van der Waals surface area contributed by atoms with E-state index in [0.29, 0.717) is 11.1 Å². The number of amides is 2.